The van der Waals surface area contributed by atoms with Gasteiger partial charge in [0.1, 0.15) is 5.01 Å². The third-order valence-electron chi connectivity index (χ3n) is 5.37. The van der Waals surface area contributed by atoms with Gasteiger partial charge in [0.25, 0.3) is 5.69 Å². The highest BCUT2D eigenvalue weighted by atomic mass is 32.1. The predicted octanol–water partition coefficient (Wildman–Crippen LogP) is 4.66. The molecule has 2 aromatic carbocycles. The van der Waals surface area contributed by atoms with Crippen molar-refractivity contribution in [3.8, 4) is 22.7 Å². The number of nitro benzene ring substituents is 1. The van der Waals surface area contributed by atoms with Crippen LogP contribution in [0.4, 0.5) is 5.69 Å². The molecule has 1 heterocycles. The van der Waals surface area contributed by atoms with Gasteiger partial charge in [0.05, 0.1) is 33.6 Å². The monoisotopic (exact) mass is 414 g/mol. The van der Waals surface area contributed by atoms with Gasteiger partial charge in [0, 0.05) is 23.1 Å². The molecule has 0 unspecified atom stereocenters. The quantitative estimate of drug-likeness (QED) is 0.340. The lowest BCUT2D eigenvalue weighted by Gasteiger charge is -2.01. The van der Waals surface area contributed by atoms with Crippen molar-refractivity contribution in [1.29, 1.82) is 10.5 Å². The van der Waals surface area contributed by atoms with Crippen LogP contribution in [0.25, 0.3) is 10.6 Å². The zero-order valence-corrected chi connectivity index (χ0v) is 16.6. The Bertz CT molecular complexity index is 1240. The van der Waals surface area contributed by atoms with Crippen LogP contribution in [-0.2, 0) is 0 Å². The fourth-order valence-electron chi connectivity index (χ4n) is 3.86. The second-order valence-corrected chi connectivity index (χ2v) is 8.03. The van der Waals surface area contributed by atoms with Crippen molar-refractivity contribution in [2.24, 2.45) is 11.3 Å². The van der Waals surface area contributed by atoms with Crippen LogP contribution in [0.1, 0.15) is 26.8 Å². The largest absolute Gasteiger partial charge is 0.293 e. The van der Waals surface area contributed by atoms with Gasteiger partial charge in [-0.25, -0.2) is 4.98 Å². The Labute approximate surface area is 176 Å². The number of benzene rings is 2. The standard InChI is InChI=1S/C22H14N4O3S/c1-13-20(30-21(25-13)14-7-3-2-4-8-14)19(27)18-17(22(18,11-23)12-24)15-9-5-6-10-16(15)26(28)29/h2-10,17-18H,1H3/t17-,18+/m1/s1. The van der Waals surface area contributed by atoms with Gasteiger partial charge in [-0.05, 0) is 6.92 Å². The van der Waals surface area contributed by atoms with Gasteiger partial charge in [-0.1, -0.05) is 48.5 Å². The van der Waals surface area contributed by atoms with Gasteiger partial charge < -0.3 is 0 Å². The van der Waals surface area contributed by atoms with Crippen LogP contribution in [-0.4, -0.2) is 15.7 Å². The van der Waals surface area contributed by atoms with Gasteiger partial charge in [0.2, 0.25) is 0 Å². The van der Waals surface area contributed by atoms with E-state index < -0.39 is 22.2 Å². The second-order valence-electron chi connectivity index (χ2n) is 7.03. The highest BCUT2D eigenvalue weighted by molar-refractivity contribution is 7.17. The van der Waals surface area contributed by atoms with E-state index in [1.807, 2.05) is 42.5 Å². The van der Waals surface area contributed by atoms with Crippen molar-refractivity contribution in [1.82, 2.24) is 4.98 Å². The summed E-state index contributed by atoms with van der Waals surface area (Å²) in [6.45, 7) is 1.71. The number of carbonyl (C=O) groups is 1. The van der Waals surface area contributed by atoms with Crippen LogP contribution >= 0.6 is 11.3 Å². The highest BCUT2D eigenvalue weighted by Crippen LogP contribution is 2.66. The van der Waals surface area contributed by atoms with Crippen molar-refractivity contribution in [3.05, 3.63) is 80.8 Å². The summed E-state index contributed by atoms with van der Waals surface area (Å²) in [6, 6.07) is 19.2. The number of hydrogen-bond donors (Lipinski definition) is 0. The molecule has 0 saturated heterocycles. The summed E-state index contributed by atoms with van der Waals surface area (Å²) in [5, 5.41) is 31.6. The molecule has 4 rings (SSSR count). The molecule has 0 spiro atoms. The van der Waals surface area contributed by atoms with Crippen LogP contribution in [0, 0.1) is 51.0 Å². The normalized spacial score (nSPS) is 18.8. The fraction of sp³-hybridized carbons (Fsp3) is 0.182. The maximum Gasteiger partial charge on any atom is 0.272 e. The molecule has 2 atom stereocenters. The molecule has 0 aliphatic heterocycles. The summed E-state index contributed by atoms with van der Waals surface area (Å²) < 4.78 is 0. The van der Waals surface area contributed by atoms with E-state index in [1.165, 1.54) is 29.5 Å². The minimum absolute atomic E-state index is 0.196. The van der Waals surface area contributed by atoms with Crippen molar-refractivity contribution in [3.63, 3.8) is 0 Å². The molecule has 146 valence electrons. The lowest BCUT2D eigenvalue weighted by Crippen LogP contribution is -2.08. The van der Waals surface area contributed by atoms with Gasteiger partial charge in [0.15, 0.2) is 11.2 Å². The number of para-hydroxylation sites is 1. The van der Waals surface area contributed by atoms with Crippen molar-refractivity contribution >= 4 is 22.8 Å². The van der Waals surface area contributed by atoms with Crippen molar-refractivity contribution < 1.29 is 9.72 Å². The van der Waals surface area contributed by atoms with Crippen LogP contribution < -0.4 is 0 Å². The average molecular weight is 414 g/mol. The molecule has 30 heavy (non-hydrogen) atoms. The number of aromatic nitrogens is 1. The SMILES string of the molecule is Cc1nc(-c2ccccc2)sc1C(=O)[C@@H]1[C@@H](c2ccccc2[N+](=O)[O-])C1(C#N)C#N. The van der Waals surface area contributed by atoms with Crippen LogP contribution in [0.2, 0.25) is 0 Å². The Morgan fingerprint density at radius 2 is 1.77 bits per heavy atom. The third-order valence-corrected chi connectivity index (χ3v) is 6.59. The molecule has 1 saturated carbocycles. The fourth-order valence-corrected chi connectivity index (χ4v) is 4.91. The minimum atomic E-state index is -1.63. The molecule has 0 radical (unpaired) electrons. The number of rotatable bonds is 5. The first-order chi connectivity index (χ1) is 14.4. The Balaban J connectivity index is 1.76. The molecule has 1 fully saturated rings. The molecule has 0 N–H and O–H groups in total. The van der Waals surface area contributed by atoms with E-state index in [1.54, 1.807) is 13.0 Å². The molecule has 8 heteroatoms. The number of ketones is 1. The van der Waals surface area contributed by atoms with Gasteiger partial charge in [-0.3, -0.25) is 14.9 Å². The smallest absolute Gasteiger partial charge is 0.272 e. The lowest BCUT2D eigenvalue weighted by atomic mass is 10.0. The van der Waals surface area contributed by atoms with Crippen molar-refractivity contribution in [2.45, 2.75) is 12.8 Å². The lowest BCUT2D eigenvalue weighted by molar-refractivity contribution is -0.385. The summed E-state index contributed by atoms with van der Waals surface area (Å²) in [6.07, 6.45) is 0. The summed E-state index contributed by atoms with van der Waals surface area (Å²) in [5.41, 5.74) is -0.218. The predicted molar refractivity (Wildman–Crippen MR) is 110 cm³/mol. The first-order valence-electron chi connectivity index (χ1n) is 9.07. The van der Waals surface area contributed by atoms with E-state index in [4.69, 9.17) is 0 Å². The number of Topliss-reactive ketones (excluding diaryl/α,β-unsaturated/α-hetero) is 1. The number of aryl methyl sites for hydroxylation is 1. The molecule has 0 bridgehead atoms. The van der Waals surface area contributed by atoms with Gasteiger partial charge in [-0.15, -0.1) is 11.3 Å². The highest BCUT2D eigenvalue weighted by Gasteiger charge is 2.72. The second kappa shape index (κ2) is 7.18. The van der Waals surface area contributed by atoms with E-state index in [9.17, 15) is 25.4 Å². The Morgan fingerprint density at radius 3 is 2.40 bits per heavy atom. The summed E-state index contributed by atoms with van der Waals surface area (Å²) in [4.78, 5) is 29.1. The Hall–Kier alpha value is -3.88. The molecule has 0 amide bonds. The summed E-state index contributed by atoms with van der Waals surface area (Å²) in [5.74, 6) is -2.21. The summed E-state index contributed by atoms with van der Waals surface area (Å²) in [7, 11) is 0. The number of nitrogens with zero attached hydrogens (tertiary/aromatic N) is 4. The molecule has 1 aliphatic rings. The topological polar surface area (TPSA) is 121 Å². The molecular formula is C22H14N4O3S. The van der Waals surface area contributed by atoms with Crippen LogP contribution in [0.15, 0.2) is 54.6 Å². The molecule has 1 aromatic heterocycles. The zero-order chi connectivity index (χ0) is 21.5. The number of carbonyl (C=O) groups excluding carboxylic acids is 1. The number of thiazole rings is 1. The van der Waals surface area contributed by atoms with E-state index >= 15 is 0 Å². The average Bonchev–Trinajstić information content (AvgIpc) is 3.30. The van der Waals surface area contributed by atoms with E-state index in [-0.39, 0.29) is 17.0 Å². The number of nitro groups is 1. The minimum Gasteiger partial charge on any atom is -0.293 e. The Kier molecular flexibility index (Phi) is 4.65. The number of nitriles is 2. The first kappa shape index (κ1) is 19.4. The van der Waals surface area contributed by atoms with Crippen LogP contribution in [0.5, 0.6) is 0 Å². The summed E-state index contributed by atoms with van der Waals surface area (Å²) >= 11 is 1.21. The van der Waals surface area contributed by atoms with Crippen molar-refractivity contribution in [2.75, 3.05) is 0 Å². The first-order valence-corrected chi connectivity index (χ1v) is 9.89. The maximum absolute atomic E-state index is 13.4. The number of hydrogen-bond acceptors (Lipinski definition) is 7. The Morgan fingerprint density at radius 1 is 1.13 bits per heavy atom. The molecule has 1 aliphatic carbocycles. The molecule has 7 nitrogen and oxygen atoms in total. The molecule has 3 aromatic rings. The zero-order valence-electron chi connectivity index (χ0n) is 15.8. The maximum atomic E-state index is 13.4. The van der Waals surface area contributed by atoms with Crippen LogP contribution in [0.3, 0.4) is 0 Å². The molecular weight excluding hydrogens is 400 g/mol. The van der Waals surface area contributed by atoms with Gasteiger partial charge in [-0.2, -0.15) is 10.5 Å². The van der Waals surface area contributed by atoms with Gasteiger partial charge >= 0.3 is 0 Å². The van der Waals surface area contributed by atoms with E-state index in [0.29, 0.717) is 15.6 Å². The van der Waals surface area contributed by atoms with E-state index in [2.05, 4.69) is 4.98 Å². The van der Waals surface area contributed by atoms with E-state index in [0.717, 1.165) is 5.56 Å². The third kappa shape index (κ3) is 2.86.